The first kappa shape index (κ1) is 17.3. The number of unbranched alkanes of at least 4 members (excludes halogenated alkanes) is 6. The molecule has 0 aliphatic rings. The largest absolute Gasteiger partial charge is 0.504 e. The molecule has 0 atom stereocenters. The summed E-state index contributed by atoms with van der Waals surface area (Å²) in [7, 11) is 1.52. The second kappa shape index (κ2) is 10.1. The maximum absolute atomic E-state index is 9.56. The Morgan fingerprint density at radius 1 is 1.00 bits per heavy atom. The Hall–Kier alpha value is -1.71. The predicted molar refractivity (Wildman–Crippen MR) is 85.9 cm³/mol. The Balaban J connectivity index is 2.44. The highest BCUT2D eigenvalue weighted by Crippen LogP contribution is 2.26. The van der Waals surface area contributed by atoms with E-state index in [1.165, 1.54) is 57.8 Å². The molecule has 0 aromatic heterocycles. The van der Waals surface area contributed by atoms with Crippen LogP contribution in [-0.2, 0) is 4.84 Å². The van der Waals surface area contributed by atoms with Crippen LogP contribution in [0.25, 0.3) is 0 Å². The van der Waals surface area contributed by atoms with Crippen molar-refractivity contribution in [3.05, 3.63) is 23.8 Å². The molecule has 21 heavy (non-hydrogen) atoms. The Kier molecular flexibility index (Phi) is 8.32. The van der Waals surface area contributed by atoms with Gasteiger partial charge in [0.25, 0.3) is 0 Å². The van der Waals surface area contributed by atoms with Crippen molar-refractivity contribution in [1.29, 1.82) is 0 Å². The third kappa shape index (κ3) is 6.52. The number of rotatable bonds is 10. The van der Waals surface area contributed by atoms with Crippen molar-refractivity contribution in [2.75, 3.05) is 7.11 Å². The van der Waals surface area contributed by atoms with Crippen LogP contribution < -0.4 is 0 Å². The first-order chi connectivity index (χ1) is 10.2. The summed E-state index contributed by atoms with van der Waals surface area (Å²) in [6.07, 6.45) is 9.50. The Labute approximate surface area is 127 Å². The normalized spacial score (nSPS) is 11.6. The summed E-state index contributed by atoms with van der Waals surface area (Å²) in [5.41, 5.74) is 1.60. The lowest BCUT2D eigenvalue weighted by Gasteiger charge is -2.07. The van der Waals surface area contributed by atoms with Crippen LogP contribution in [0.3, 0.4) is 0 Å². The molecule has 1 aromatic carbocycles. The number of aromatic hydroxyl groups is 2. The SMILES string of the molecule is CCCCCCCCC/C(=N\OC)c1ccc(O)c(O)c1. The maximum Gasteiger partial charge on any atom is 0.158 e. The molecule has 0 aliphatic carbocycles. The minimum atomic E-state index is -0.129. The van der Waals surface area contributed by atoms with E-state index in [0.717, 1.165) is 24.1 Å². The van der Waals surface area contributed by atoms with Crippen molar-refractivity contribution < 1.29 is 15.1 Å². The molecule has 0 fully saturated rings. The molecule has 1 aromatic rings. The summed E-state index contributed by atoms with van der Waals surface area (Å²) >= 11 is 0. The highest BCUT2D eigenvalue weighted by atomic mass is 16.6. The lowest BCUT2D eigenvalue weighted by molar-refractivity contribution is 0.212. The molecular formula is C17H27NO3. The van der Waals surface area contributed by atoms with Gasteiger partial charge in [-0.25, -0.2) is 0 Å². The van der Waals surface area contributed by atoms with Gasteiger partial charge in [-0.2, -0.15) is 0 Å². The third-order valence-electron chi connectivity index (χ3n) is 3.53. The molecule has 2 N–H and O–H groups in total. The van der Waals surface area contributed by atoms with E-state index in [9.17, 15) is 10.2 Å². The Bertz CT molecular complexity index is 444. The van der Waals surface area contributed by atoms with Crippen molar-refractivity contribution in [1.82, 2.24) is 0 Å². The minimum absolute atomic E-state index is 0.119. The molecule has 0 spiro atoms. The molecule has 0 heterocycles. The summed E-state index contributed by atoms with van der Waals surface area (Å²) in [4.78, 5) is 4.88. The van der Waals surface area contributed by atoms with E-state index in [4.69, 9.17) is 4.84 Å². The fourth-order valence-electron chi connectivity index (χ4n) is 2.31. The van der Waals surface area contributed by atoms with Gasteiger partial charge in [0, 0.05) is 5.56 Å². The van der Waals surface area contributed by atoms with Crippen LogP contribution in [0.1, 0.15) is 63.9 Å². The smallest absolute Gasteiger partial charge is 0.158 e. The molecule has 118 valence electrons. The van der Waals surface area contributed by atoms with Crippen molar-refractivity contribution in [2.24, 2.45) is 5.16 Å². The highest BCUT2D eigenvalue weighted by Gasteiger charge is 2.08. The predicted octanol–water partition coefficient (Wildman–Crippen LogP) is 4.59. The number of benzene rings is 1. The monoisotopic (exact) mass is 293 g/mol. The summed E-state index contributed by atoms with van der Waals surface area (Å²) in [5.74, 6) is -0.248. The molecule has 0 bridgehead atoms. The van der Waals surface area contributed by atoms with Crippen molar-refractivity contribution >= 4 is 5.71 Å². The van der Waals surface area contributed by atoms with Gasteiger partial charge >= 0.3 is 0 Å². The van der Waals surface area contributed by atoms with Crippen LogP contribution in [-0.4, -0.2) is 23.0 Å². The van der Waals surface area contributed by atoms with E-state index in [-0.39, 0.29) is 11.5 Å². The molecule has 0 saturated carbocycles. The van der Waals surface area contributed by atoms with E-state index in [0.29, 0.717) is 0 Å². The summed E-state index contributed by atoms with van der Waals surface area (Å²) in [6, 6.07) is 4.74. The van der Waals surface area contributed by atoms with Gasteiger partial charge in [-0.05, 0) is 31.0 Å². The average Bonchev–Trinajstić information content (AvgIpc) is 2.48. The maximum atomic E-state index is 9.56. The van der Waals surface area contributed by atoms with Crippen LogP contribution in [0.15, 0.2) is 23.4 Å². The van der Waals surface area contributed by atoms with E-state index < -0.39 is 0 Å². The van der Waals surface area contributed by atoms with Crippen LogP contribution in [0.4, 0.5) is 0 Å². The van der Waals surface area contributed by atoms with Gasteiger partial charge in [0.1, 0.15) is 7.11 Å². The van der Waals surface area contributed by atoms with Gasteiger partial charge in [-0.15, -0.1) is 0 Å². The zero-order valence-corrected chi connectivity index (χ0v) is 13.1. The summed E-state index contributed by atoms with van der Waals surface area (Å²) in [6.45, 7) is 2.22. The standard InChI is InChI=1S/C17H27NO3/c1-3-4-5-6-7-8-9-10-15(18-21-2)14-11-12-16(19)17(20)13-14/h11-13,19-20H,3-10H2,1-2H3/b18-15+. The average molecular weight is 293 g/mol. The van der Waals surface area contributed by atoms with Gasteiger partial charge in [-0.3, -0.25) is 0 Å². The summed E-state index contributed by atoms with van der Waals surface area (Å²) in [5, 5.41) is 23.0. The molecule has 0 aliphatic heterocycles. The summed E-state index contributed by atoms with van der Waals surface area (Å²) < 4.78 is 0. The van der Waals surface area contributed by atoms with Crippen LogP contribution in [0, 0.1) is 0 Å². The quantitative estimate of drug-likeness (QED) is 0.287. The molecular weight excluding hydrogens is 266 g/mol. The number of phenols is 2. The van der Waals surface area contributed by atoms with Crippen LogP contribution >= 0.6 is 0 Å². The number of hydrogen-bond donors (Lipinski definition) is 2. The molecule has 0 unspecified atom stereocenters. The number of nitrogens with zero attached hydrogens (tertiary/aromatic N) is 1. The molecule has 0 amide bonds. The first-order valence-electron chi connectivity index (χ1n) is 7.81. The number of hydrogen-bond acceptors (Lipinski definition) is 4. The molecule has 0 saturated heterocycles. The lowest BCUT2D eigenvalue weighted by atomic mass is 10.0. The van der Waals surface area contributed by atoms with Crippen molar-refractivity contribution in [3.63, 3.8) is 0 Å². The van der Waals surface area contributed by atoms with Gasteiger partial charge in [0.05, 0.1) is 5.71 Å². The van der Waals surface area contributed by atoms with Crippen LogP contribution in [0.5, 0.6) is 11.5 Å². The molecule has 1 rings (SSSR count). The first-order valence-corrected chi connectivity index (χ1v) is 7.81. The minimum Gasteiger partial charge on any atom is -0.504 e. The number of oxime groups is 1. The second-order valence-corrected chi connectivity index (χ2v) is 5.30. The topological polar surface area (TPSA) is 62.0 Å². The molecule has 4 heteroatoms. The van der Waals surface area contributed by atoms with Gasteiger partial charge in [0.2, 0.25) is 0 Å². The van der Waals surface area contributed by atoms with Gasteiger partial charge in [-0.1, -0.05) is 50.6 Å². The number of phenolic OH excluding ortho intramolecular Hbond substituents is 2. The molecule has 4 nitrogen and oxygen atoms in total. The Morgan fingerprint density at radius 2 is 1.67 bits per heavy atom. The fourth-order valence-corrected chi connectivity index (χ4v) is 2.31. The zero-order valence-electron chi connectivity index (χ0n) is 13.1. The van der Waals surface area contributed by atoms with E-state index in [1.807, 2.05) is 0 Å². The van der Waals surface area contributed by atoms with E-state index in [2.05, 4.69) is 12.1 Å². The van der Waals surface area contributed by atoms with Gasteiger partial charge in [0.15, 0.2) is 11.5 Å². The zero-order chi connectivity index (χ0) is 15.5. The highest BCUT2D eigenvalue weighted by molar-refractivity contribution is 6.00. The van der Waals surface area contributed by atoms with E-state index in [1.54, 1.807) is 6.07 Å². The second-order valence-electron chi connectivity index (χ2n) is 5.30. The third-order valence-corrected chi connectivity index (χ3v) is 3.53. The van der Waals surface area contributed by atoms with Gasteiger partial charge < -0.3 is 15.1 Å². The van der Waals surface area contributed by atoms with Crippen molar-refractivity contribution in [3.8, 4) is 11.5 Å². The molecule has 0 radical (unpaired) electrons. The fraction of sp³-hybridized carbons (Fsp3) is 0.588. The Morgan fingerprint density at radius 3 is 2.29 bits per heavy atom. The van der Waals surface area contributed by atoms with Crippen molar-refractivity contribution in [2.45, 2.75) is 58.3 Å². The lowest BCUT2D eigenvalue weighted by Crippen LogP contribution is -2.02. The van der Waals surface area contributed by atoms with Crippen LogP contribution in [0.2, 0.25) is 0 Å². The van der Waals surface area contributed by atoms with E-state index >= 15 is 0 Å².